The van der Waals surface area contributed by atoms with Crippen LogP contribution in [-0.2, 0) is 11.3 Å². The molecule has 0 aromatic carbocycles. The van der Waals surface area contributed by atoms with E-state index in [4.69, 9.17) is 16.1 Å². The lowest BCUT2D eigenvalue weighted by molar-refractivity contribution is 0.00354. The Morgan fingerprint density at radius 3 is 3.00 bits per heavy atom. The molecule has 0 spiro atoms. The van der Waals surface area contributed by atoms with E-state index in [1.54, 1.807) is 25.3 Å². The molecule has 0 aliphatic rings. The molecular formula is C10H14N6O2S. The first kappa shape index (κ1) is 14.9. The second-order valence-electron chi connectivity index (χ2n) is 4.27. The zero-order chi connectivity index (χ0) is 14.3. The summed E-state index contributed by atoms with van der Waals surface area (Å²) in [5, 5.41) is 12.0. The summed E-state index contributed by atoms with van der Waals surface area (Å²) in [6.45, 7) is 3.75. The second kappa shape index (κ2) is 6.72. The molecule has 0 saturated heterocycles. The van der Waals surface area contributed by atoms with Crippen LogP contribution in [0.25, 0.3) is 10.4 Å². The van der Waals surface area contributed by atoms with E-state index in [1.165, 1.54) is 11.3 Å². The van der Waals surface area contributed by atoms with E-state index in [-0.39, 0.29) is 6.54 Å². The van der Waals surface area contributed by atoms with Crippen molar-refractivity contribution in [1.82, 2.24) is 0 Å². The van der Waals surface area contributed by atoms with Gasteiger partial charge in [-0.05, 0) is 36.4 Å². The van der Waals surface area contributed by atoms with Gasteiger partial charge >= 0.3 is 5.97 Å². The van der Waals surface area contributed by atoms with E-state index >= 15 is 0 Å². The van der Waals surface area contributed by atoms with Gasteiger partial charge in [-0.15, -0.1) is 11.3 Å². The van der Waals surface area contributed by atoms with Gasteiger partial charge in [0.1, 0.15) is 10.5 Å². The number of rotatable bonds is 6. The number of hydrogen-bond acceptors (Lipinski definition) is 6. The predicted molar refractivity (Wildman–Crippen MR) is 70.6 cm³/mol. The van der Waals surface area contributed by atoms with Crippen LogP contribution in [0.4, 0.5) is 0 Å². The number of azide groups is 1. The molecule has 102 valence electrons. The van der Waals surface area contributed by atoms with Crippen molar-refractivity contribution in [3.63, 3.8) is 0 Å². The minimum absolute atomic E-state index is 0.0782. The van der Waals surface area contributed by atoms with Crippen LogP contribution in [0.3, 0.4) is 0 Å². The first-order valence-corrected chi connectivity index (χ1v) is 6.25. The molecule has 1 aromatic heterocycles. The molecule has 1 heterocycles. The summed E-state index contributed by atoms with van der Waals surface area (Å²) in [6, 6.07) is 1.67. The summed E-state index contributed by atoms with van der Waals surface area (Å²) in [4.78, 5) is 15.0. The Morgan fingerprint density at radius 1 is 1.63 bits per heavy atom. The van der Waals surface area contributed by atoms with Gasteiger partial charge in [0.25, 0.3) is 0 Å². The van der Waals surface area contributed by atoms with Crippen molar-refractivity contribution in [2.24, 2.45) is 21.3 Å². The number of nitrogens with two attached hydrogens (primary N) is 1. The molecule has 0 aliphatic heterocycles. The minimum Gasteiger partial charge on any atom is -0.455 e. The number of thiophene rings is 1. The lowest BCUT2D eigenvalue weighted by Crippen LogP contribution is -2.30. The van der Waals surface area contributed by atoms with Crippen LogP contribution in [0.1, 0.15) is 29.1 Å². The molecule has 0 unspecified atom stereocenters. The Kier molecular flexibility index (Phi) is 5.28. The smallest absolute Gasteiger partial charge is 0.348 e. The number of carbonyl (C=O) groups excluding carboxylic acids is 1. The number of hydrogen-bond donors (Lipinski definition) is 1. The Morgan fingerprint density at radius 2 is 2.37 bits per heavy atom. The van der Waals surface area contributed by atoms with Crippen molar-refractivity contribution in [3.8, 4) is 0 Å². The molecule has 0 amide bonds. The van der Waals surface area contributed by atoms with Crippen molar-refractivity contribution < 1.29 is 9.53 Å². The van der Waals surface area contributed by atoms with E-state index in [1.807, 2.05) is 0 Å². The zero-order valence-electron chi connectivity index (χ0n) is 10.6. The lowest BCUT2D eigenvalue weighted by Gasteiger charge is -2.22. The normalized spacial score (nSPS) is 11.3. The van der Waals surface area contributed by atoms with Gasteiger partial charge in [-0.3, -0.25) is 0 Å². The maximum Gasteiger partial charge on any atom is 0.348 e. The first-order valence-electron chi connectivity index (χ1n) is 5.37. The number of esters is 1. The van der Waals surface area contributed by atoms with Gasteiger partial charge in [-0.2, -0.15) is 5.11 Å². The van der Waals surface area contributed by atoms with E-state index in [2.05, 4.69) is 20.4 Å². The van der Waals surface area contributed by atoms with Crippen LogP contribution < -0.4 is 5.84 Å². The predicted octanol–water partition coefficient (Wildman–Crippen LogP) is 2.82. The molecule has 1 aromatic rings. The van der Waals surface area contributed by atoms with Gasteiger partial charge in [-0.1, -0.05) is 10.3 Å². The highest BCUT2D eigenvalue weighted by Crippen LogP contribution is 2.20. The first-order chi connectivity index (χ1) is 8.98. The molecule has 1 rings (SSSR count). The maximum absolute atomic E-state index is 11.9. The summed E-state index contributed by atoms with van der Waals surface area (Å²) >= 11 is 1.25. The fourth-order valence-electron chi connectivity index (χ4n) is 1.22. The van der Waals surface area contributed by atoms with Gasteiger partial charge in [-0.25, -0.2) is 4.79 Å². The quantitative estimate of drug-likeness (QED) is 0.215. The van der Waals surface area contributed by atoms with Gasteiger partial charge in [0.15, 0.2) is 0 Å². The summed E-state index contributed by atoms with van der Waals surface area (Å²) < 4.78 is 5.27. The SMILES string of the molecule is CC(C)(CN=[N+]=[N-])OC(=O)c1cc(CN=NN)cs1. The largest absolute Gasteiger partial charge is 0.455 e. The Labute approximate surface area is 113 Å². The van der Waals surface area contributed by atoms with Crippen molar-refractivity contribution in [3.05, 3.63) is 32.3 Å². The molecule has 9 heteroatoms. The molecule has 0 aliphatic carbocycles. The maximum atomic E-state index is 11.9. The van der Waals surface area contributed by atoms with Gasteiger partial charge < -0.3 is 10.6 Å². The second-order valence-corrected chi connectivity index (χ2v) is 5.18. The number of nitrogens with zero attached hydrogens (tertiary/aromatic N) is 5. The number of carbonyl (C=O) groups is 1. The van der Waals surface area contributed by atoms with Crippen molar-refractivity contribution in [1.29, 1.82) is 0 Å². The van der Waals surface area contributed by atoms with E-state index in [0.717, 1.165) is 5.56 Å². The Bertz CT molecular complexity index is 518. The fraction of sp³-hybridized carbons (Fsp3) is 0.500. The molecule has 0 fully saturated rings. The van der Waals surface area contributed by atoms with E-state index in [0.29, 0.717) is 11.4 Å². The average molecular weight is 282 g/mol. The summed E-state index contributed by atoms with van der Waals surface area (Å²) in [5.41, 5.74) is 8.25. The molecule has 8 nitrogen and oxygen atoms in total. The fourth-order valence-corrected chi connectivity index (χ4v) is 2.00. The summed E-state index contributed by atoms with van der Waals surface area (Å²) in [7, 11) is 0. The summed E-state index contributed by atoms with van der Waals surface area (Å²) in [6.07, 6.45) is 0. The third kappa shape index (κ3) is 4.94. The van der Waals surface area contributed by atoms with Crippen LogP contribution in [-0.4, -0.2) is 18.1 Å². The minimum atomic E-state index is -0.843. The van der Waals surface area contributed by atoms with Crippen molar-refractivity contribution >= 4 is 17.3 Å². The van der Waals surface area contributed by atoms with Crippen LogP contribution in [0.5, 0.6) is 0 Å². The molecule has 2 N–H and O–H groups in total. The Balaban J connectivity index is 2.67. The van der Waals surface area contributed by atoms with Crippen molar-refractivity contribution in [2.75, 3.05) is 6.54 Å². The molecule has 0 radical (unpaired) electrons. The standard InChI is InChI=1S/C10H14N6O2S/c1-10(2,6-14-16-12)18-9(17)8-3-7(5-19-8)4-13-15-11/h3,5H,4,6H2,1-2H3,(H2,11,13). The van der Waals surface area contributed by atoms with Crippen LogP contribution in [0.15, 0.2) is 26.9 Å². The third-order valence-corrected chi connectivity index (χ3v) is 3.03. The molecule has 0 saturated carbocycles. The van der Waals surface area contributed by atoms with E-state index in [9.17, 15) is 4.79 Å². The third-order valence-electron chi connectivity index (χ3n) is 2.07. The topological polar surface area (TPSA) is 126 Å². The Hall–Kier alpha value is -2.12. The van der Waals surface area contributed by atoms with Crippen molar-refractivity contribution in [2.45, 2.75) is 26.0 Å². The highest BCUT2D eigenvalue weighted by molar-refractivity contribution is 7.12. The average Bonchev–Trinajstić information content (AvgIpc) is 2.82. The van der Waals surface area contributed by atoms with Gasteiger partial charge in [0.2, 0.25) is 0 Å². The molecule has 19 heavy (non-hydrogen) atoms. The molecule has 0 atom stereocenters. The van der Waals surface area contributed by atoms with Crippen LogP contribution in [0, 0.1) is 0 Å². The monoisotopic (exact) mass is 282 g/mol. The molecule has 0 bridgehead atoms. The van der Waals surface area contributed by atoms with Gasteiger partial charge in [0.05, 0.1) is 13.1 Å². The zero-order valence-corrected chi connectivity index (χ0v) is 11.4. The van der Waals surface area contributed by atoms with Gasteiger partial charge in [0, 0.05) is 4.91 Å². The highest BCUT2D eigenvalue weighted by Gasteiger charge is 2.23. The van der Waals surface area contributed by atoms with E-state index < -0.39 is 11.6 Å². The van der Waals surface area contributed by atoms with Crippen LogP contribution >= 0.6 is 11.3 Å². The summed E-state index contributed by atoms with van der Waals surface area (Å²) in [5.74, 6) is 4.44. The molecular weight excluding hydrogens is 268 g/mol. The van der Waals surface area contributed by atoms with Crippen LogP contribution in [0.2, 0.25) is 0 Å². The highest BCUT2D eigenvalue weighted by atomic mass is 32.1. The lowest BCUT2D eigenvalue weighted by atomic mass is 10.1. The number of ether oxygens (including phenoxy) is 1.